The van der Waals surface area contributed by atoms with Gasteiger partial charge in [0.15, 0.2) is 0 Å². The number of sulfonamides is 1. The molecular formula is C8H12AlNO3S. The molecule has 3 rings (SSSR count). The van der Waals surface area contributed by atoms with Crippen LogP contribution in [0.25, 0.3) is 0 Å². The van der Waals surface area contributed by atoms with Gasteiger partial charge >= 0.3 is 16.5 Å². The van der Waals surface area contributed by atoms with Gasteiger partial charge < -0.3 is 3.29 Å². The molecule has 3 fully saturated rings. The van der Waals surface area contributed by atoms with E-state index in [0.29, 0.717) is 16.5 Å². The predicted molar refractivity (Wildman–Crippen MR) is 52.5 cm³/mol. The van der Waals surface area contributed by atoms with Crippen LogP contribution in [-0.2, 0) is 14.8 Å². The quantitative estimate of drug-likeness (QED) is 0.514. The van der Waals surface area contributed by atoms with Crippen molar-refractivity contribution in [3.8, 4) is 0 Å². The molecule has 1 amide bonds. The first-order valence-corrected chi connectivity index (χ1v) is 7.39. The van der Waals surface area contributed by atoms with E-state index in [9.17, 15) is 13.2 Å². The van der Waals surface area contributed by atoms with Gasteiger partial charge in [-0.05, 0) is 18.8 Å². The molecule has 1 saturated heterocycles. The molecule has 4 nitrogen and oxygen atoms in total. The minimum atomic E-state index is -3.26. The monoisotopic (exact) mass is 229 g/mol. The lowest BCUT2D eigenvalue weighted by Crippen LogP contribution is -2.38. The molecule has 0 N–H and O–H groups in total. The fourth-order valence-electron chi connectivity index (χ4n) is 3.44. The van der Waals surface area contributed by atoms with Crippen molar-refractivity contribution in [2.45, 2.75) is 30.4 Å². The number of carbonyl (C=O) groups excluding carboxylic acids is 1. The van der Waals surface area contributed by atoms with Gasteiger partial charge in [0.1, 0.15) is 4.75 Å². The first-order chi connectivity index (χ1) is 6.53. The summed E-state index contributed by atoms with van der Waals surface area (Å²) in [5, 5.41) is 0. The Hall–Kier alpha value is -0.0475. The van der Waals surface area contributed by atoms with Gasteiger partial charge in [0.2, 0.25) is 15.9 Å². The highest BCUT2D eigenvalue weighted by molar-refractivity contribution is 7.92. The summed E-state index contributed by atoms with van der Waals surface area (Å²) in [4.78, 5) is 11.7. The molecule has 3 atom stereocenters. The Kier molecular flexibility index (Phi) is 1.56. The number of carbonyl (C=O) groups is 1. The first-order valence-electron chi connectivity index (χ1n) is 5.06. The maximum absolute atomic E-state index is 12.0. The summed E-state index contributed by atoms with van der Waals surface area (Å²) in [7, 11) is -3.26. The Labute approximate surface area is 91.3 Å². The van der Waals surface area contributed by atoms with Crippen molar-refractivity contribution in [1.82, 2.24) is 3.29 Å². The maximum Gasteiger partial charge on any atom is 0.391 e. The van der Waals surface area contributed by atoms with Crippen LogP contribution >= 0.6 is 0 Å². The molecule has 0 aromatic heterocycles. The Morgan fingerprint density at radius 3 is 2.86 bits per heavy atom. The third-order valence-corrected chi connectivity index (χ3v) is 8.70. The van der Waals surface area contributed by atoms with Crippen LogP contribution < -0.4 is 0 Å². The summed E-state index contributed by atoms with van der Waals surface area (Å²) in [5.74, 6) is -0.102. The standard InChI is InChI=1S/C8H11NO3S.Al.2H/c10-7-6-5-3-1-2-4-8(5,6)13(11,12)9-7;;;/h5-6H,1-4H2,(H,9,10);;;/q;+1;;/p-1/t5?,6?,8-;;;/m1.../s1. The van der Waals surface area contributed by atoms with Crippen molar-refractivity contribution in [2.24, 2.45) is 11.8 Å². The van der Waals surface area contributed by atoms with E-state index in [2.05, 4.69) is 0 Å². The topological polar surface area (TPSA) is 54.5 Å². The van der Waals surface area contributed by atoms with E-state index in [1.165, 1.54) is 0 Å². The molecule has 76 valence electrons. The van der Waals surface area contributed by atoms with E-state index in [4.69, 9.17) is 0 Å². The average Bonchev–Trinajstić information content (AvgIpc) is 2.82. The second-order valence-corrected chi connectivity index (χ2v) is 8.40. The maximum atomic E-state index is 12.0. The fourth-order valence-corrected chi connectivity index (χ4v) is 7.16. The predicted octanol–water partition coefficient (Wildman–Crippen LogP) is -0.735. The number of fused-ring (bicyclic) bond motifs is 1. The van der Waals surface area contributed by atoms with Gasteiger partial charge in [0.25, 0.3) is 0 Å². The summed E-state index contributed by atoms with van der Waals surface area (Å²) in [6.45, 7) is 0. The second kappa shape index (κ2) is 2.37. The molecule has 3 aliphatic rings. The molecule has 2 saturated carbocycles. The van der Waals surface area contributed by atoms with Gasteiger partial charge in [-0.2, -0.15) is 0 Å². The summed E-state index contributed by atoms with van der Waals surface area (Å²) < 4.78 is 24.6. The van der Waals surface area contributed by atoms with Gasteiger partial charge in [0, 0.05) is 0 Å². The largest absolute Gasteiger partial charge is 0.391 e. The van der Waals surface area contributed by atoms with Crippen LogP contribution in [0.4, 0.5) is 0 Å². The van der Waals surface area contributed by atoms with Gasteiger partial charge in [0.05, 0.1) is 5.92 Å². The van der Waals surface area contributed by atoms with E-state index in [1.54, 1.807) is 0 Å². The molecule has 0 aromatic rings. The molecule has 2 aliphatic carbocycles. The molecule has 0 aromatic carbocycles. The Balaban J connectivity index is 2.14. The fraction of sp³-hybridized carbons (Fsp3) is 0.875. The zero-order chi connectivity index (χ0) is 10.1. The summed E-state index contributed by atoms with van der Waals surface area (Å²) in [6.07, 6.45) is 3.71. The number of hydrogen-bond donors (Lipinski definition) is 0. The Morgan fingerprint density at radius 2 is 2.14 bits per heavy atom. The highest BCUT2D eigenvalue weighted by Crippen LogP contribution is 2.68. The molecule has 1 aliphatic heterocycles. The Bertz CT molecular complexity index is 420. The van der Waals surface area contributed by atoms with E-state index in [0.717, 1.165) is 29.0 Å². The number of nitrogens with zero attached hydrogens (tertiary/aromatic N) is 1. The molecule has 1 heterocycles. The Morgan fingerprint density at radius 1 is 1.43 bits per heavy atom. The summed E-state index contributed by atoms with van der Waals surface area (Å²) in [6, 6.07) is 0. The van der Waals surface area contributed by atoms with Crippen LogP contribution in [0.1, 0.15) is 25.7 Å². The molecule has 6 heteroatoms. The van der Waals surface area contributed by atoms with E-state index >= 15 is 0 Å². The minimum absolute atomic E-state index is 0.108. The molecular weight excluding hydrogens is 217 g/mol. The third-order valence-electron chi connectivity index (χ3n) is 4.20. The first kappa shape index (κ1) is 9.20. The van der Waals surface area contributed by atoms with Gasteiger partial charge in [-0.15, -0.1) is 0 Å². The third kappa shape index (κ3) is 0.710. The molecule has 0 bridgehead atoms. The van der Waals surface area contributed by atoms with Crippen LogP contribution in [-0.4, -0.2) is 38.9 Å². The van der Waals surface area contributed by atoms with Crippen LogP contribution in [0.5, 0.6) is 0 Å². The molecule has 2 unspecified atom stereocenters. The van der Waals surface area contributed by atoms with Crippen molar-refractivity contribution in [3.05, 3.63) is 0 Å². The molecule has 1 spiro atoms. The SMILES string of the molecule is O=C1C2C3CCCC[C@@]32S(=O)(=O)[N]1[AlH2]. The summed E-state index contributed by atoms with van der Waals surface area (Å²) in [5.41, 5.74) is 0. The van der Waals surface area contributed by atoms with Gasteiger partial charge in [-0.25, -0.2) is 8.42 Å². The van der Waals surface area contributed by atoms with Crippen molar-refractivity contribution >= 4 is 32.4 Å². The summed E-state index contributed by atoms with van der Waals surface area (Å²) >= 11 is 0.315. The van der Waals surface area contributed by atoms with E-state index in [1.807, 2.05) is 0 Å². The molecule has 0 radical (unpaired) electrons. The van der Waals surface area contributed by atoms with E-state index in [-0.39, 0.29) is 17.7 Å². The lowest BCUT2D eigenvalue weighted by molar-refractivity contribution is -0.124. The number of amides is 1. The van der Waals surface area contributed by atoms with Crippen LogP contribution in [0, 0.1) is 11.8 Å². The van der Waals surface area contributed by atoms with Crippen molar-refractivity contribution < 1.29 is 13.2 Å². The smallest absolute Gasteiger partial charge is 0.344 e. The van der Waals surface area contributed by atoms with Gasteiger partial charge in [-0.3, -0.25) is 4.79 Å². The average molecular weight is 229 g/mol. The second-order valence-electron chi connectivity index (χ2n) is 4.60. The van der Waals surface area contributed by atoms with E-state index < -0.39 is 14.8 Å². The van der Waals surface area contributed by atoms with Crippen molar-refractivity contribution in [3.63, 3.8) is 0 Å². The lowest BCUT2D eigenvalue weighted by atomic mass is 10.0. The zero-order valence-electron chi connectivity index (χ0n) is 8.06. The van der Waals surface area contributed by atoms with Crippen molar-refractivity contribution in [1.29, 1.82) is 0 Å². The molecule has 14 heavy (non-hydrogen) atoms. The number of hydrogen-bond acceptors (Lipinski definition) is 3. The van der Waals surface area contributed by atoms with Crippen LogP contribution in [0.15, 0.2) is 0 Å². The highest BCUT2D eigenvalue weighted by Gasteiger charge is 2.80. The lowest BCUT2D eigenvalue weighted by Gasteiger charge is -2.24. The van der Waals surface area contributed by atoms with Crippen molar-refractivity contribution in [2.75, 3.05) is 0 Å². The zero-order valence-corrected chi connectivity index (χ0v) is 10.9. The highest BCUT2D eigenvalue weighted by atomic mass is 32.2. The van der Waals surface area contributed by atoms with Gasteiger partial charge in [-0.1, -0.05) is 12.8 Å². The normalized spacial score (nSPS) is 48.6. The minimum Gasteiger partial charge on any atom is -0.344 e. The van der Waals surface area contributed by atoms with Crippen LogP contribution in [0.3, 0.4) is 0 Å². The number of rotatable bonds is 0. The van der Waals surface area contributed by atoms with Crippen LogP contribution in [0.2, 0.25) is 0 Å².